The molecule has 8 heteroatoms. The molecule has 2 aromatic carbocycles. The Morgan fingerprint density at radius 1 is 1.00 bits per heavy atom. The van der Waals surface area contributed by atoms with Crippen molar-refractivity contribution < 1.29 is 22.7 Å². The van der Waals surface area contributed by atoms with Crippen LogP contribution in [-0.2, 0) is 6.54 Å². The van der Waals surface area contributed by atoms with Gasteiger partial charge in [-0.2, -0.15) is 0 Å². The Balaban J connectivity index is 1.54. The molecule has 0 unspecified atom stereocenters. The summed E-state index contributed by atoms with van der Waals surface area (Å²) >= 11 is 0. The topological polar surface area (TPSA) is 44.8 Å². The third-order valence-electron chi connectivity index (χ3n) is 4.56. The van der Waals surface area contributed by atoms with Crippen LogP contribution >= 0.6 is 0 Å². The number of ether oxygens (including phenoxy) is 1. The Labute approximate surface area is 161 Å². The van der Waals surface area contributed by atoms with Gasteiger partial charge in [0, 0.05) is 44.0 Å². The zero-order valence-electron chi connectivity index (χ0n) is 15.5. The van der Waals surface area contributed by atoms with Crippen molar-refractivity contribution in [2.45, 2.75) is 12.9 Å². The highest BCUT2D eigenvalue weighted by Gasteiger charge is 2.31. The van der Waals surface area contributed by atoms with Gasteiger partial charge in [0.15, 0.2) is 0 Å². The van der Waals surface area contributed by atoms with Crippen LogP contribution < -0.4 is 10.1 Å². The molecule has 150 valence electrons. The number of nitrogens with one attached hydrogen (secondary N) is 1. The highest BCUT2D eigenvalue weighted by Crippen LogP contribution is 2.23. The number of carbonyl (C=O) groups excluding carboxylic acids is 1. The van der Waals surface area contributed by atoms with E-state index in [1.54, 1.807) is 0 Å². The monoisotopic (exact) mass is 393 g/mol. The number of rotatable bonds is 5. The Hall–Kier alpha value is -2.58. The molecule has 1 aliphatic rings. The molecule has 3 rings (SSSR count). The number of piperazine rings is 1. The summed E-state index contributed by atoms with van der Waals surface area (Å²) in [6, 6.07) is 12.4. The maximum absolute atomic E-state index is 12.3. The Kier molecular flexibility index (Phi) is 6.21. The number of benzene rings is 2. The summed E-state index contributed by atoms with van der Waals surface area (Å²) in [6.45, 7) is 5.04. The van der Waals surface area contributed by atoms with Gasteiger partial charge < -0.3 is 15.0 Å². The number of carbonyl (C=O) groups is 1. The highest BCUT2D eigenvalue weighted by molar-refractivity contribution is 6.04. The Morgan fingerprint density at radius 3 is 2.18 bits per heavy atom. The molecule has 0 aliphatic carbocycles. The summed E-state index contributed by atoms with van der Waals surface area (Å²) in [7, 11) is 2.12. The van der Waals surface area contributed by atoms with Gasteiger partial charge in [-0.3, -0.25) is 9.69 Å². The summed E-state index contributed by atoms with van der Waals surface area (Å²) < 4.78 is 40.3. The zero-order valence-corrected chi connectivity index (χ0v) is 15.5. The van der Waals surface area contributed by atoms with Crippen molar-refractivity contribution in [2.75, 3.05) is 38.5 Å². The van der Waals surface area contributed by atoms with E-state index in [1.807, 2.05) is 24.3 Å². The van der Waals surface area contributed by atoms with Crippen molar-refractivity contribution in [3.05, 3.63) is 59.7 Å². The molecule has 28 heavy (non-hydrogen) atoms. The zero-order chi connectivity index (χ0) is 20.1. The van der Waals surface area contributed by atoms with Crippen LogP contribution in [0.4, 0.5) is 18.9 Å². The molecule has 0 spiro atoms. The molecule has 1 aliphatic heterocycles. The lowest BCUT2D eigenvalue weighted by molar-refractivity contribution is -0.274. The molecule has 1 amide bonds. The Morgan fingerprint density at radius 2 is 1.61 bits per heavy atom. The van der Waals surface area contributed by atoms with Gasteiger partial charge in [0.05, 0.1) is 0 Å². The van der Waals surface area contributed by atoms with Crippen molar-refractivity contribution in [3.63, 3.8) is 0 Å². The Bertz CT molecular complexity index is 784. The van der Waals surface area contributed by atoms with Gasteiger partial charge in [-0.15, -0.1) is 13.2 Å². The number of anilines is 1. The van der Waals surface area contributed by atoms with E-state index in [2.05, 4.69) is 26.9 Å². The molecule has 1 saturated heterocycles. The molecule has 0 bridgehead atoms. The number of hydrogen-bond acceptors (Lipinski definition) is 4. The van der Waals surface area contributed by atoms with E-state index < -0.39 is 12.3 Å². The summed E-state index contributed by atoms with van der Waals surface area (Å²) in [5, 5.41) is 2.74. The van der Waals surface area contributed by atoms with Crippen molar-refractivity contribution in [3.8, 4) is 5.75 Å². The second kappa shape index (κ2) is 8.62. The van der Waals surface area contributed by atoms with Crippen LogP contribution in [0.15, 0.2) is 48.5 Å². The van der Waals surface area contributed by atoms with Gasteiger partial charge in [-0.05, 0) is 49.0 Å². The lowest BCUT2D eigenvalue weighted by Crippen LogP contribution is -2.43. The average Bonchev–Trinajstić information content (AvgIpc) is 2.64. The number of alkyl halides is 3. The lowest BCUT2D eigenvalue weighted by atomic mass is 10.1. The summed E-state index contributed by atoms with van der Waals surface area (Å²) in [5.41, 5.74) is 2.04. The van der Waals surface area contributed by atoms with Crippen molar-refractivity contribution >= 4 is 11.6 Å². The molecular formula is C20H22F3N3O2. The quantitative estimate of drug-likeness (QED) is 0.843. The van der Waals surface area contributed by atoms with E-state index in [1.165, 1.54) is 12.1 Å². The first-order chi connectivity index (χ1) is 13.3. The van der Waals surface area contributed by atoms with Crippen LogP contribution in [0.5, 0.6) is 5.75 Å². The van der Waals surface area contributed by atoms with Gasteiger partial charge in [0.1, 0.15) is 5.75 Å². The van der Waals surface area contributed by atoms with E-state index in [0.717, 1.165) is 50.4 Å². The van der Waals surface area contributed by atoms with Crippen LogP contribution in [0, 0.1) is 0 Å². The van der Waals surface area contributed by atoms with Crippen LogP contribution in [0.2, 0.25) is 0 Å². The van der Waals surface area contributed by atoms with Gasteiger partial charge in [0.25, 0.3) is 5.91 Å². The first-order valence-corrected chi connectivity index (χ1v) is 8.95. The SMILES string of the molecule is CN1CCN(Cc2ccc(NC(=O)c3ccc(OC(F)(F)F)cc3)cc2)CC1. The minimum absolute atomic E-state index is 0.246. The predicted molar refractivity (Wildman–Crippen MR) is 100 cm³/mol. The van der Waals surface area contributed by atoms with Crippen LogP contribution in [0.25, 0.3) is 0 Å². The molecule has 5 nitrogen and oxygen atoms in total. The normalized spacial score (nSPS) is 16.0. The van der Waals surface area contributed by atoms with Crippen molar-refractivity contribution in [1.29, 1.82) is 0 Å². The first-order valence-electron chi connectivity index (χ1n) is 8.95. The van der Waals surface area contributed by atoms with Gasteiger partial charge in [-0.25, -0.2) is 0 Å². The van der Waals surface area contributed by atoms with E-state index >= 15 is 0 Å². The van der Waals surface area contributed by atoms with Crippen molar-refractivity contribution in [2.24, 2.45) is 0 Å². The first kappa shape index (κ1) is 20.2. The smallest absolute Gasteiger partial charge is 0.406 e. The number of hydrogen-bond donors (Lipinski definition) is 1. The molecule has 2 aromatic rings. The van der Waals surface area contributed by atoms with E-state index in [-0.39, 0.29) is 11.3 Å². The average molecular weight is 393 g/mol. The fraction of sp³-hybridized carbons (Fsp3) is 0.350. The molecule has 0 radical (unpaired) electrons. The molecule has 1 N–H and O–H groups in total. The number of nitrogens with zero attached hydrogens (tertiary/aromatic N) is 2. The second-order valence-electron chi connectivity index (χ2n) is 6.80. The largest absolute Gasteiger partial charge is 0.573 e. The maximum atomic E-state index is 12.3. The third-order valence-corrected chi connectivity index (χ3v) is 4.56. The standard InChI is InChI=1S/C20H22F3N3O2/c1-25-10-12-26(13-11-25)14-15-2-6-17(7-3-15)24-19(27)16-4-8-18(9-5-16)28-20(21,22)23/h2-9H,10-14H2,1H3,(H,24,27). The molecule has 0 saturated carbocycles. The second-order valence-corrected chi connectivity index (χ2v) is 6.80. The maximum Gasteiger partial charge on any atom is 0.573 e. The van der Waals surface area contributed by atoms with Crippen LogP contribution in [0.1, 0.15) is 15.9 Å². The predicted octanol–water partition coefficient (Wildman–Crippen LogP) is 3.58. The molecule has 0 atom stereocenters. The highest BCUT2D eigenvalue weighted by atomic mass is 19.4. The molecule has 1 fully saturated rings. The van der Waals surface area contributed by atoms with Gasteiger partial charge in [-0.1, -0.05) is 12.1 Å². The fourth-order valence-corrected chi connectivity index (χ4v) is 2.97. The van der Waals surface area contributed by atoms with E-state index in [0.29, 0.717) is 5.69 Å². The lowest BCUT2D eigenvalue weighted by Gasteiger charge is -2.32. The summed E-state index contributed by atoms with van der Waals surface area (Å²) in [4.78, 5) is 16.9. The fourth-order valence-electron chi connectivity index (χ4n) is 2.97. The minimum Gasteiger partial charge on any atom is -0.406 e. The van der Waals surface area contributed by atoms with Crippen molar-refractivity contribution in [1.82, 2.24) is 9.80 Å². The number of likely N-dealkylation sites (N-methyl/N-ethyl adjacent to an activating group) is 1. The molecule has 1 heterocycles. The number of halogens is 3. The van der Waals surface area contributed by atoms with Gasteiger partial charge in [0.2, 0.25) is 0 Å². The molecule has 0 aromatic heterocycles. The van der Waals surface area contributed by atoms with Crippen LogP contribution in [-0.4, -0.2) is 55.3 Å². The van der Waals surface area contributed by atoms with E-state index in [9.17, 15) is 18.0 Å². The van der Waals surface area contributed by atoms with Gasteiger partial charge >= 0.3 is 6.36 Å². The number of amides is 1. The minimum atomic E-state index is -4.75. The molecular weight excluding hydrogens is 371 g/mol. The van der Waals surface area contributed by atoms with Crippen LogP contribution in [0.3, 0.4) is 0 Å². The summed E-state index contributed by atoms with van der Waals surface area (Å²) in [5.74, 6) is -0.761. The summed E-state index contributed by atoms with van der Waals surface area (Å²) in [6.07, 6.45) is -4.75. The van der Waals surface area contributed by atoms with E-state index in [4.69, 9.17) is 0 Å². The third kappa shape index (κ3) is 5.97.